The van der Waals surface area contributed by atoms with Crippen LogP contribution in [-0.4, -0.2) is 23.3 Å². The number of anilines is 1. The standard InChI is InChI=1S/C11H19N3S/c1-7-8(12-5)13-10(11(2,3)4)14-9(7)15-6/h1-6H3,(H,12,13,14). The Morgan fingerprint density at radius 3 is 2.20 bits per heavy atom. The molecule has 0 unspecified atom stereocenters. The first-order valence-corrected chi connectivity index (χ1v) is 6.23. The molecule has 0 bridgehead atoms. The van der Waals surface area contributed by atoms with Gasteiger partial charge in [0.2, 0.25) is 0 Å². The third-order valence-electron chi connectivity index (χ3n) is 2.20. The molecule has 0 aliphatic heterocycles. The summed E-state index contributed by atoms with van der Waals surface area (Å²) >= 11 is 1.66. The molecule has 0 aliphatic carbocycles. The van der Waals surface area contributed by atoms with Gasteiger partial charge >= 0.3 is 0 Å². The summed E-state index contributed by atoms with van der Waals surface area (Å²) in [5.74, 6) is 1.82. The van der Waals surface area contributed by atoms with Crippen molar-refractivity contribution in [1.82, 2.24) is 9.97 Å². The van der Waals surface area contributed by atoms with Crippen molar-refractivity contribution in [1.29, 1.82) is 0 Å². The summed E-state index contributed by atoms with van der Waals surface area (Å²) in [5.41, 5.74) is 1.11. The summed E-state index contributed by atoms with van der Waals surface area (Å²) in [5, 5.41) is 4.17. The summed E-state index contributed by atoms with van der Waals surface area (Å²) in [7, 11) is 1.89. The summed E-state index contributed by atoms with van der Waals surface area (Å²) < 4.78 is 0. The maximum atomic E-state index is 4.58. The van der Waals surface area contributed by atoms with Gasteiger partial charge in [0, 0.05) is 18.0 Å². The molecule has 0 fully saturated rings. The van der Waals surface area contributed by atoms with Gasteiger partial charge < -0.3 is 5.32 Å². The zero-order valence-corrected chi connectivity index (χ0v) is 11.1. The average Bonchev–Trinajstić information content (AvgIpc) is 2.16. The van der Waals surface area contributed by atoms with E-state index < -0.39 is 0 Å². The molecule has 0 saturated carbocycles. The van der Waals surface area contributed by atoms with E-state index in [2.05, 4.69) is 36.1 Å². The Balaban J connectivity index is 3.33. The molecule has 0 radical (unpaired) electrons. The van der Waals surface area contributed by atoms with Crippen molar-refractivity contribution in [2.45, 2.75) is 38.1 Å². The molecule has 1 heterocycles. The monoisotopic (exact) mass is 225 g/mol. The fourth-order valence-corrected chi connectivity index (χ4v) is 1.85. The normalized spacial score (nSPS) is 11.6. The Morgan fingerprint density at radius 1 is 1.20 bits per heavy atom. The molecule has 0 aliphatic rings. The van der Waals surface area contributed by atoms with Crippen LogP contribution < -0.4 is 5.32 Å². The van der Waals surface area contributed by atoms with Crippen LogP contribution in [0.4, 0.5) is 5.82 Å². The summed E-state index contributed by atoms with van der Waals surface area (Å²) in [6.45, 7) is 8.42. The van der Waals surface area contributed by atoms with E-state index in [1.807, 2.05) is 20.2 Å². The topological polar surface area (TPSA) is 37.8 Å². The molecule has 1 aromatic rings. The van der Waals surface area contributed by atoms with E-state index in [1.54, 1.807) is 11.8 Å². The molecule has 0 spiro atoms. The van der Waals surface area contributed by atoms with Gasteiger partial charge in [0.15, 0.2) is 0 Å². The Morgan fingerprint density at radius 2 is 1.80 bits per heavy atom. The lowest BCUT2D eigenvalue weighted by Crippen LogP contribution is -2.18. The van der Waals surface area contributed by atoms with Crippen LogP contribution in [0, 0.1) is 6.92 Å². The molecule has 0 atom stereocenters. The first-order valence-electron chi connectivity index (χ1n) is 5.01. The summed E-state index contributed by atoms with van der Waals surface area (Å²) in [6.07, 6.45) is 2.04. The molecule has 3 nitrogen and oxygen atoms in total. The highest BCUT2D eigenvalue weighted by molar-refractivity contribution is 7.98. The van der Waals surface area contributed by atoms with Crippen molar-refractivity contribution in [3.05, 3.63) is 11.4 Å². The quantitative estimate of drug-likeness (QED) is 0.620. The molecule has 1 aromatic heterocycles. The van der Waals surface area contributed by atoms with Crippen LogP contribution >= 0.6 is 11.8 Å². The van der Waals surface area contributed by atoms with Crippen LogP contribution in [0.5, 0.6) is 0 Å². The molecule has 1 N–H and O–H groups in total. The smallest absolute Gasteiger partial charge is 0.137 e. The molecular weight excluding hydrogens is 206 g/mol. The molecule has 4 heteroatoms. The number of nitrogens with one attached hydrogen (secondary N) is 1. The van der Waals surface area contributed by atoms with Gasteiger partial charge in [-0.15, -0.1) is 11.8 Å². The van der Waals surface area contributed by atoms with Crippen LogP contribution in [0.3, 0.4) is 0 Å². The Hall–Kier alpha value is -0.770. The van der Waals surface area contributed by atoms with Crippen LogP contribution in [0.2, 0.25) is 0 Å². The van der Waals surface area contributed by atoms with E-state index in [-0.39, 0.29) is 5.41 Å². The lowest BCUT2D eigenvalue weighted by Gasteiger charge is -2.19. The molecule has 0 saturated heterocycles. The maximum Gasteiger partial charge on any atom is 0.137 e. The summed E-state index contributed by atoms with van der Waals surface area (Å²) in [6, 6.07) is 0. The number of thioether (sulfide) groups is 1. The molecule has 84 valence electrons. The van der Waals surface area contributed by atoms with Gasteiger partial charge in [-0.3, -0.25) is 0 Å². The van der Waals surface area contributed by atoms with E-state index in [0.29, 0.717) is 0 Å². The first kappa shape index (κ1) is 12.3. The van der Waals surface area contributed by atoms with Gasteiger partial charge in [0.1, 0.15) is 16.7 Å². The van der Waals surface area contributed by atoms with Crippen molar-refractivity contribution in [3.8, 4) is 0 Å². The third kappa shape index (κ3) is 2.62. The van der Waals surface area contributed by atoms with Crippen LogP contribution in [-0.2, 0) is 5.41 Å². The van der Waals surface area contributed by atoms with Crippen molar-refractivity contribution < 1.29 is 0 Å². The summed E-state index contributed by atoms with van der Waals surface area (Å²) in [4.78, 5) is 9.12. The van der Waals surface area contributed by atoms with Crippen molar-refractivity contribution >= 4 is 17.6 Å². The van der Waals surface area contributed by atoms with Gasteiger partial charge in [-0.1, -0.05) is 20.8 Å². The second kappa shape index (κ2) is 4.39. The van der Waals surface area contributed by atoms with Crippen molar-refractivity contribution in [2.75, 3.05) is 18.6 Å². The zero-order chi connectivity index (χ0) is 11.6. The largest absolute Gasteiger partial charge is 0.373 e. The Kier molecular flexibility index (Phi) is 3.60. The number of hydrogen-bond acceptors (Lipinski definition) is 4. The van der Waals surface area contributed by atoms with E-state index in [4.69, 9.17) is 0 Å². The zero-order valence-electron chi connectivity index (χ0n) is 10.3. The third-order valence-corrected chi connectivity index (χ3v) is 2.99. The van der Waals surface area contributed by atoms with Gasteiger partial charge in [0.25, 0.3) is 0 Å². The minimum absolute atomic E-state index is 0.0101. The number of rotatable bonds is 2. The minimum atomic E-state index is -0.0101. The highest BCUT2D eigenvalue weighted by Crippen LogP contribution is 2.27. The molecule has 0 aromatic carbocycles. The van der Waals surface area contributed by atoms with Crippen LogP contribution in [0.25, 0.3) is 0 Å². The fourth-order valence-electron chi connectivity index (χ4n) is 1.27. The highest BCUT2D eigenvalue weighted by atomic mass is 32.2. The van der Waals surface area contributed by atoms with E-state index >= 15 is 0 Å². The number of nitrogens with zero attached hydrogens (tertiary/aromatic N) is 2. The van der Waals surface area contributed by atoms with Crippen LogP contribution in [0.15, 0.2) is 5.03 Å². The second-order valence-electron chi connectivity index (χ2n) is 4.53. The number of aromatic nitrogens is 2. The first-order chi connectivity index (χ1) is 6.90. The lowest BCUT2D eigenvalue weighted by atomic mass is 9.95. The molecule has 15 heavy (non-hydrogen) atoms. The van der Waals surface area contributed by atoms with Crippen molar-refractivity contribution in [2.24, 2.45) is 0 Å². The van der Waals surface area contributed by atoms with Gasteiger partial charge in [-0.25, -0.2) is 9.97 Å². The second-order valence-corrected chi connectivity index (χ2v) is 5.33. The predicted molar refractivity (Wildman–Crippen MR) is 66.8 cm³/mol. The van der Waals surface area contributed by atoms with E-state index in [1.165, 1.54) is 0 Å². The maximum absolute atomic E-state index is 4.58. The Bertz CT molecular complexity index is 330. The van der Waals surface area contributed by atoms with Crippen molar-refractivity contribution in [3.63, 3.8) is 0 Å². The van der Waals surface area contributed by atoms with E-state index in [0.717, 1.165) is 22.2 Å². The predicted octanol–water partition coefficient (Wildman–Crippen LogP) is 2.85. The number of hydrogen-bond donors (Lipinski definition) is 1. The van der Waals surface area contributed by atoms with Crippen LogP contribution in [0.1, 0.15) is 32.2 Å². The van der Waals surface area contributed by atoms with Gasteiger partial charge in [0.05, 0.1) is 0 Å². The Labute approximate surface area is 96.1 Å². The van der Waals surface area contributed by atoms with E-state index in [9.17, 15) is 0 Å². The SMILES string of the molecule is CNc1nc(C(C)(C)C)nc(SC)c1C. The average molecular weight is 225 g/mol. The lowest BCUT2D eigenvalue weighted by molar-refractivity contribution is 0.538. The van der Waals surface area contributed by atoms with Gasteiger partial charge in [-0.05, 0) is 13.2 Å². The molecule has 1 rings (SSSR count). The minimum Gasteiger partial charge on any atom is -0.373 e. The molecule has 0 amide bonds. The highest BCUT2D eigenvalue weighted by Gasteiger charge is 2.20. The molecular formula is C11H19N3S. The van der Waals surface area contributed by atoms with Gasteiger partial charge in [-0.2, -0.15) is 0 Å². The fraction of sp³-hybridized carbons (Fsp3) is 0.636.